The minimum Gasteiger partial charge on any atom is -0.313 e. The van der Waals surface area contributed by atoms with Crippen LogP contribution in [0.25, 0.3) is 0 Å². The van der Waals surface area contributed by atoms with Crippen molar-refractivity contribution >= 4 is 11.8 Å². The van der Waals surface area contributed by atoms with Gasteiger partial charge in [-0.2, -0.15) is 11.8 Å². The van der Waals surface area contributed by atoms with E-state index in [0.717, 1.165) is 12.0 Å². The van der Waals surface area contributed by atoms with Gasteiger partial charge in [-0.15, -0.1) is 0 Å². The van der Waals surface area contributed by atoms with Crippen molar-refractivity contribution in [2.45, 2.75) is 19.9 Å². The number of hydrogen-bond donors (Lipinski definition) is 1. The molecule has 2 atom stereocenters. The minimum atomic E-state index is 0.722. The van der Waals surface area contributed by atoms with Crippen molar-refractivity contribution in [3.05, 3.63) is 0 Å². The van der Waals surface area contributed by atoms with Crippen molar-refractivity contribution in [3.8, 4) is 0 Å². The Kier molecular flexibility index (Phi) is 2.86. The van der Waals surface area contributed by atoms with E-state index in [4.69, 9.17) is 0 Å². The molecule has 1 aliphatic heterocycles. The quantitative estimate of drug-likeness (QED) is 0.552. The first-order valence-corrected chi connectivity index (χ1v) is 4.75. The van der Waals surface area contributed by atoms with Crippen LogP contribution in [0, 0.1) is 5.92 Å². The lowest BCUT2D eigenvalue weighted by Crippen LogP contribution is -2.29. The summed E-state index contributed by atoms with van der Waals surface area (Å²) in [6.45, 7) is 5.76. The molecule has 0 aromatic heterocycles. The van der Waals surface area contributed by atoms with Crippen molar-refractivity contribution in [1.29, 1.82) is 0 Å². The summed E-state index contributed by atoms with van der Waals surface area (Å²) in [7, 11) is 0. The molecule has 0 aromatic carbocycles. The van der Waals surface area contributed by atoms with E-state index in [1.54, 1.807) is 0 Å². The number of rotatable bonds is 0. The Labute approximate surface area is 61.6 Å². The summed E-state index contributed by atoms with van der Waals surface area (Å²) in [5.41, 5.74) is 0. The zero-order valence-corrected chi connectivity index (χ0v) is 7.00. The lowest BCUT2D eigenvalue weighted by molar-refractivity contribution is 0.526. The maximum Gasteiger partial charge on any atom is 0.0130 e. The summed E-state index contributed by atoms with van der Waals surface area (Å²) in [6, 6.07) is 0.722. The largest absolute Gasteiger partial charge is 0.313 e. The summed E-state index contributed by atoms with van der Waals surface area (Å²) >= 11 is 2.07. The molecule has 1 rings (SSSR count). The molecule has 1 fully saturated rings. The molecule has 54 valence electrons. The van der Waals surface area contributed by atoms with E-state index in [1.165, 1.54) is 18.1 Å². The second kappa shape index (κ2) is 3.47. The first-order chi connectivity index (χ1) is 4.29. The van der Waals surface area contributed by atoms with E-state index in [1.807, 2.05) is 0 Å². The molecule has 1 saturated heterocycles. The Bertz CT molecular complexity index is 75.0. The minimum absolute atomic E-state index is 0.722. The van der Waals surface area contributed by atoms with Crippen LogP contribution in [0.15, 0.2) is 0 Å². The first-order valence-electron chi connectivity index (χ1n) is 3.60. The topological polar surface area (TPSA) is 12.0 Å². The third kappa shape index (κ3) is 2.59. The van der Waals surface area contributed by atoms with Crippen LogP contribution in [0.1, 0.15) is 13.8 Å². The average Bonchev–Trinajstić information content (AvgIpc) is 1.97. The maximum atomic E-state index is 3.47. The predicted octanol–water partition coefficient (Wildman–Crippen LogP) is 1.35. The third-order valence-electron chi connectivity index (χ3n) is 1.58. The predicted molar refractivity (Wildman–Crippen MR) is 44.0 cm³/mol. The molecule has 0 saturated carbocycles. The highest BCUT2D eigenvalue weighted by molar-refractivity contribution is 7.99. The third-order valence-corrected chi connectivity index (χ3v) is 3.13. The van der Waals surface area contributed by atoms with Gasteiger partial charge in [0, 0.05) is 11.8 Å². The first kappa shape index (κ1) is 7.42. The zero-order valence-electron chi connectivity index (χ0n) is 6.18. The van der Waals surface area contributed by atoms with Gasteiger partial charge in [-0.05, 0) is 25.1 Å². The number of hydrogen-bond acceptors (Lipinski definition) is 2. The van der Waals surface area contributed by atoms with Crippen LogP contribution in [-0.4, -0.2) is 24.1 Å². The van der Waals surface area contributed by atoms with Gasteiger partial charge in [0.2, 0.25) is 0 Å². The van der Waals surface area contributed by atoms with Crippen LogP contribution >= 0.6 is 11.8 Å². The van der Waals surface area contributed by atoms with E-state index in [9.17, 15) is 0 Å². The van der Waals surface area contributed by atoms with Crippen LogP contribution in [0.4, 0.5) is 0 Å². The van der Waals surface area contributed by atoms with Gasteiger partial charge in [0.1, 0.15) is 0 Å². The SMILES string of the molecule is CC1CNC(C)CSC1. The fourth-order valence-corrected chi connectivity index (χ4v) is 2.09. The smallest absolute Gasteiger partial charge is 0.0130 e. The van der Waals surface area contributed by atoms with Crippen LogP contribution in [0.5, 0.6) is 0 Å². The summed E-state index contributed by atoms with van der Waals surface area (Å²) < 4.78 is 0. The van der Waals surface area contributed by atoms with E-state index in [-0.39, 0.29) is 0 Å². The number of thioether (sulfide) groups is 1. The van der Waals surface area contributed by atoms with Gasteiger partial charge in [0.05, 0.1) is 0 Å². The second-order valence-electron chi connectivity index (χ2n) is 2.95. The Morgan fingerprint density at radius 1 is 1.33 bits per heavy atom. The zero-order chi connectivity index (χ0) is 6.69. The second-order valence-corrected chi connectivity index (χ2v) is 4.03. The van der Waals surface area contributed by atoms with Gasteiger partial charge in [-0.3, -0.25) is 0 Å². The highest BCUT2D eigenvalue weighted by Gasteiger charge is 2.10. The highest BCUT2D eigenvalue weighted by Crippen LogP contribution is 2.12. The van der Waals surface area contributed by atoms with Crippen molar-refractivity contribution in [2.24, 2.45) is 5.92 Å². The molecule has 2 heteroatoms. The summed E-state index contributed by atoms with van der Waals surface area (Å²) in [5, 5.41) is 3.47. The van der Waals surface area contributed by atoms with Gasteiger partial charge in [0.15, 0.2) is 0 Å². The van der Waals surface area contributed by atoms with Gasteiger partial charge in [-0.25, -0.2) is 0 Å². The van der Waals surface area contributed by atoms with E-state index in [0.29, 0.717) is 0 Å². The van der Waals surface area contributed by atoms with E-state index < -0.39 is 0 Å². The fourth-order valence-electron chi connectivity index (χ4n) is 0.966. The molecule has 9 heavy (non-hydrogen) atoms. The molecule has 2 unspecified atom stereocenters. The Morgan fingerprint density at radius 2 is 2.11 bits per heavy atom. The monoisotopic (exact) mass is 145 g/mol. The van der Waals surface area contributed by atoms with Gasteiger partial charge < -0.3 is 5.32 Å². The highest BCUT2D eigenvalue weighted by atomic mass is 32.2. The molecule has 1 N–H and O–H groups in total. The molecular weight excluding hydrogens is 130 g/mol. The molecule has 0 radical (unpaired) electrons. The Morgan fingerprint density at radius 3 is 2.89 bits per heavy atom. The molecule has 1 heterocycles. The van der Waals surface area contributed by atoms with E-state index >= 15 is 0 Å². The van der Waals surface area contributed by atoms with Crippen LogP contribution in [0.3, 0.4) is 0 Å². The summed E-state index contributed by atoms with van der Waals surface area (Å²) in [5.74, 6) is 3.47. The molecule has 0 aromatic rings. The lowest BCUT2D eigenvalue weighted by Gasteiger charge is -2.08. The molecule has 0 spiro atoms. The lowest BCUT2D eigenvalue weighted by atomic mass is 10.2. The maximum absolute atomic E-state index is 3.47. The van der Waals surface area contributed by atoms with Crippen LogP contribution in [-0.2, 0) is 0 Å². The molecule has 1 aliphatic rings. The Balaban J connectivity index is 2.25. The van der Waals surface area contributed by atoms with Crippen molar-refractivity contribution in [2.75, 3.05) is 18.1 Å². The van der Waals surface area contributed by atoms with Crippen molar-refractivity contribution in [3.63, 3.8) is 0 Å². The van der Waals surface area contributed by atoms with Crippen molar-refractivity contribution in [1.82, 2.24) is 5.32 Å². The molecule has 0 aliphatic carbocycles. The summed E-state index contributed by atoms with van der Waals surface area (Å²) in [4.78, 5) is 0. The standard InChI is InChI=1S/C7H15NS/c1-6-3-8-7(2)5-9-4-6/h6-8H,3-5H2,1-2H3. The molecule has 1 nitrogen and oxygen atoms in total. The fraction of sp³-hybridized carbons (Fsp3) is 1.00. The van der Waals surface area contributed by atoms with Crippen LogP contribution < -0.4 is 5.32 Å². The molecular formula is C7H15NS. The normalized spacial score (nSPS) is 38.0. The van der Waals surface area contributed by atoms with Gasteiger partial charge in [-0.1, -0.05) is 6.92 Å². The molecule has 0 bridgehead atoms. The van der Waals surface area contributed by atoms with Gasteiger partial charge >= 0.3 is 0 Å². The Hall–Kier alpha value is 0.310. The van der Waals surface area contributed by atoms with Crippen LogP contribution in [0.2, 0.25) is 0 Å². The summed E-state index contributed by atoms with van der Waals surface area (Å²) in [6.07, 6.45) is 0. The number of nitrogens with one attached hydrogen (secondary N) is 1. The average molecular weight is 145 g/mol. The molecule has 0 amide bonds. The van der Waals surface area contributed by atoms with Crippen molar-refractivity contribution < 1.29 is 0 Å². The van der Waals surface area contributed by atoms with Gasteiger partial charge in [0.25, 0.3) is 0 Å². The van der Waals surface area contributed by atoms with E-state index in [2.05, 4.69) is 30.9 Å².